The Kier molecular flexibility index (Phi) is 5.37. The summed E-state index contributed by atoms with van der Waals surface area (Å²) in [4.78, 5) is 37.0. The largest absolute Gasteiger partial charge is 0.452 e. The third-order valence-electron chi connectivity index (χ3n) is 4.29. The van der Waals surface area contributed by atoms with Gasteiger partial charge in [-0.3, -0.25) is 9.59 Å². The van der Waals surface area contributed by atoms with Gasteiger partial charge in [0.1, 0.15) is 5.00 Å². The van der Waals surface area contributed by atoms with Gasteiger partial charge in [-0.05, 0) is 50.3 Å². The molecule has 1 heterocycles. The van der Waals surface area contributed by atoms with E-state index in [9.17, 15) is 14.4 Å². The third-order valence-corrected chi connectivity index (χ3v) is 5.50. The highest BCUT2D eigenvalue weighted by Crippen LogP contribution is 2.37. The first-order valence-corrected chi connectivity index (χ1v) is 9.25. The van der Waals surface area contributed by atoms with Gasteiger partial charge in [0.15, 0.2) is 6.61 Å². The van der Waals surface area contributed by atoms with Crippen LogP contribution in [0.5, 0.6) is 0 Å². The molecule has 0 atom stereocenters. The van der Waals surface area contributed by atoms with Crippen LogP contribution in [-0.2, 0) is 22.4 Å². The molecule has 7 heteroatoms. The van der Waals surface area contributed by atoms with Gasteiger partial charge in [-0.15, -0.1) is 11.3 Å². The number of esters is 1. The van der Waals surface area contributed by atoms with Gasteiger partial charge in [0, 0.05) is 4.88 Å². The van der Waals surface area contributed by atoms with E-state index in [0.717, 1.165) is 41.7 Å². The molecule has 3 N–H and O–H groups in total. The Balaban J connectivity index is 1.65. The molecule has 1 aromatic heterocycles. The second-order valence-corrected chi connectivity index (χ2v) is 7.37. The molecule has 1 aromatic carbocycles. The molecular formula is C19H20N2O4S. The molecule has 0 radical (unpaired) electrons. The van der Waals surface area contributed by atoms with Crippen LogP contribution in [0.15, 0.2) is 24.3 Å². The topological polar surface area (TPSA) is 98.5 Å². The van der Waals surface area contributed by atoms with Crippen LogP contribution in [0, 0.1) is 6.92 Å². The molecule has 2 amide bonds. The number of primary amides is 1. The Bertz CT molecular complexity index is 855. The molecular weight excluding hydrogens is 352 g/mol. The lowest BCUT2D eigenvalue weighted by Gasteiger charge is -2.11. The number of aryl methyl sites for hydroxylation is 2. The van der Waals surface area contributed by atoms with E-state index in [4.69, 9.17) is 10.5 Å². The van der Waals surface area contributed by atoms with E-state index in [-0.39, 0.29) is 0 Å². The van der Waals surface area contributed by atoms with Crippen molar-refractivity contribution in [3.63, 3.8) is 0 Å². The minimum atomic E-state index is -0.569. The summed E-state index contributed by atoms with van der Waals surface area (Å²) in [5.41, 5.74) is 8.25. The predicted molar refractivity (Wildman–Crippen MR) is 99.6 cm³/mol. The van der Waals surface area contributed by atoms with Crippen molar-refractivity contribution in [1.82, 2.24) is 0 Å². The first kappa shape index (κ1) is 18.1. The highest BCUT2D eigenvalue weighted by molar-refractivity contribution is 7.17. The fourth-order valence-electron chi connectivity index (χ4n) is 2.98. The van der Waals surface area contributed by atoms with Crippen LogP contribution >= 0.6 is 11.3 Å². The maximum Gasteiger partial charge on any atom is 0.338 e. The summed E-state index contributed by atoms with van der Waals surface area (Å²) < 4.78 is 5.04. The van der Waals surface area contributed by atoms with Gasteiger partial charge in [-0.2, -0.15) is 0 Å². The fraction of sp³-hybridized carbons (Fsp3) is 0.316. The highest BCUT2D eigenvalue weighted by atomic mass is 32.1. The summed E-state index contributed by atoms with van der Waals surface area (Å²) in [5, 5.41) is 3.11. The molecule has 0 unspecified atom stereocenters. The van der Waals surface area contributed by atoms with E-state index in [1.807, 2.05) is 6.92 Å². The molecule has 0 saturated carbocycles. The van der Waals surface area contributed by atoms with Gasteiger partial charge in [0.25, 0.3) is 11.8 Å². The second kappa shape index (κ2) is 7.70. The fourth-order valence-corrected chi connectivity index (χ4v) is 4.29. The first-order chi connectivity index (χ1) is 12.5. The molecule has 0 bridgehead atoms. The van der Waals surface area contributed by atoms with E-state index in [0.29, 0.717) is 16.1 Å². The number of nitrogens with one attached hydrogen (secondary N) is 1. The summed E-state index contributed by atoms with van der Waals surface area (Å²) in [6, 6.07) is 6.89. The molecule has 0 aliphatic heterocycles. The molecule has 2 aromatic rings. The zero-order chi connectivity index (χ0) is 18.7. The lowest BCUT2D eigenvalue weighted by Crippen LogP contribution is -2.23. The van der Waals surface area contributed by atoms with Crippen molar-refractivity contribution in [2.45, 2.75) is 32.6 Å². The third kappa shape index (κ3) is 3.94. The normalized spacial score (nSPS) is 13.0. The van der Waals surface area contributed by atoms with Crippen LogP contribution in [0.2, 0.25) is 0 Å². The summed E-state index contributed by atoms with van der Waals surface area (Å²) in [7, 11) is 0. The lowest BCUT2D eigenvalue weighted by molar-refractivity contribution is -0.119. The Morgan fingerprint density at radius 1 is 1.15 bits per heavy atom. The minimum Gasteiger partial charge on any atom is -0.452 e. The van der Waals surface area contributed by atoms with E-state index < -0.39 is 24.4 Å². The molecule has 0 spiro atoms. The molecule has 6 nitrogen and oxygen atoms in total. The smallest absolute Gasteiger partial charge is 0.338 e. The molecule has 1 aliphatic carbocycles. The number of amides is 2. The Morgan fingerprint density at radius 3 is 2.54 bits per heavy atom. The van der Waals surface area contributed by atoms with Crippen LogP contribution in [0.3, 0.4) is 0 Å². The number of nitrogens with two attached hydrogens (primary N) is 1. The highest BCUT2D eigenvalue weighted by Gasteiger charge is 2.25. The van der Waals surface area contributed by atoms with Gasteiger partial charge in [0.2, 0.25) is 0 Å². The number of thiophene rings is 1. The standard InChI is InChI=1S/C19H20N2O4S/c1-11-6-8-12(9-7-11)19(24)25-10-15(22)21-18-16(17(20)23)13-4-2-3-5-14(13)26-18/h6-9H,2-5,10H2,1H3,(H2,20,23)(H,21,22). The maximum absolute atomic E-state index is 12.2. The molecule has 0 saturated heterocycles. The zero-order valence-electron chi connectivity index (χ0n) is 14.5. The first-order valence-electron chi connectivity index (χ1n) is 8.43. The lowest BCUT2D eigenvalue weighted by atomic mass is 9.95. The van der Waals surface area contributed by atoms with E-state index >= 15 is 0 Å². The van der Waals surface area contributed by atoms with Gasteiger partial charge < -0.3 is 15.8 Å². The number of carbonyl (C=O) groups excluding carboxylic acids is 3. The van der Waals surface area contributed by atoms with Gasteiger partial charge in [-0.1, -0.05) is 17.7 Å². The molecule has 3 rings (SSSR count). The Hall–Kier alpha value is -2.67. The molecule has 136 valence electrons. The minimum absolute atomic E-state index is 0.382. The van der Waals surface area contributed by atoms with Gasteiger partial charge >= 0.3 is 5.97 Å². The number of fused-ring (bicyclic) bond motifs is 1. The van der Waals surface area contributed by atoms with Crippen LogP contribution in [0.4, 0.5) is 5.00 Å². The summed E-state index contributed by atoms with van der Waals surface area (Å²) >= 11 is 1.38. The summed E-state index contributed by atoms with van der Waals surface area (Å²) in [6.07, 6.45) is 3.75. The predicted octanol–water partition coefficient (Wildman–Crippen LogP) is 2.83. The Morgan fingerprint density at radius 2 is 1.85 bits per heavy atom. The number of hydrogen-bond acceptors (Lipinski definition) is 5. The van der Waals surface area contributed by atoms with Crippen molar-refractivity contribution in [2.24, 2.45) is 5.73 Å². The van der Waals surface area contributed by atoms with Gasteiger partial charge in [-0.25, -0.2) is 4.79 Å². The molecule has 1 aliphatic rings. The average Bonchev–Trinajstić information content (AvgIpc) is 2.98. The second-order valence-electron chi connectivity index (χ2n) is 6.27. The number of ether oxygens (including phenoxy) is 1. The number of carbonyl (C=O) groups is 3. The SMILES string of the molecule is Cc1ccc(C(=O)OCC(=O)Nc2sc3c(c2C(N)=O)CCCC3)cc1. The van der Waals surface area contributed by atoms with Crippen molar-refractivity contribution in [3.8, 4) is 0 Å². The van der Waals surface area contributed by atoms with E-state index in [1.165, 1.54) is 11.3 Å². The summed E-state index contributed by atoms with van der Waals surface area (Å²) in [6.45, 7) is 1.49. The number of hydrogen-bond donors (Lipinski definition) is 2. The van der Waals surface area contributed by atoms with Crippen LogP contribution in [0.1, 0.15) is 49.6 Å². The van der Waals surface area contributed by atoms with Crippen LogP contribution < -0.4 is 11.1 Å². The monoisotopic (exact) mass is 372 g/mol. The average molecular weight is 372 g/mol. The van der Waals surface area contributed by atoms with Crippen molar-refractivity contribution < 1.29 is 19.1 Å². The van der Waals surface area contributed by atoms with Crippen molar-refractivity contribution in [2.75, 3.05) is 11.9 Å². The van der Waals surface area contributed by atoms with Crippen molar-refractivity contribution in [3.05, 3.63) is 51.4 Å². The van der Waals surface area contributed by atoms with E-state index in [2.05, 4.69) is 5.32 Å². The number of rotatable bonds is 5. The zero-order valence-corrected chi connectivity index (χ0v) is 15.3. The maximum atomic E-state index is 12.2. The Labute approximate surface area is 155 Å². The van der Waals surface area contributed by atoms with E-state index in [1.54, 1.807) is 24.3 Å². The number of benzene rings is 1. The quantitative estimate of drug-likeness (QED) is 0.789. The molecule has 0 fully saturated rings. The molecule has 26 heavy (non-hydrogen) atoms. The van der Waals surface area contributed by atoms with Crippen LogP contribution in [0.25, 0.3) is 0 Å². The van der Waals surface area contributed by atoms with Gasteiger partial charge in [0.05, 0.1) is 11.1 Å². The van der Waals surface area contributed by atoms with Crippen molar-refractivity contribution >= 4 is 34.1 Å². The summed E-state index contributed by atoms with van der Waals surface area (Å²) in [5.74, 6) is -1.61. The van der Waals surface area contributed by atoms with Crippen molar-refractivity contribution in [1.29, 1.82) is 0 Å². The van der Waals surface area contributed by atoms with Crippen LogP contribution in [-0.4, -0.2) is 24.4 Å². The number of anilines is 1.